The van der Waals surface area contributed by atoms with Crippen LogP contribution >= 0.6 is 38.6 Å². The number of thiazole rings is 1. The molecule has 1 aliphatic rings. The molecule has 1 fully saturated rings. The number of anilines is 1. The molecule has 2 aromatic heterocycles. The van der Waals surface area contributed by atoms with E-state index in [1.54, 1.807) is 11.3 Å². The van der Waals surface area contributed by atoms with Crippen molar-refractivity contribution in [2.75, 3.05) is 44.3 Å². The molecule has 5 nitrogen and oxygen atoms in total. The first kappa shape index (κ1) is 20.0. The number of rotatable bonds is 5. The molecule has 148 valence electrons. The molecule has 3 heterocycles. The molecule has 1 amide bonds. The molecule has 28 heavy (non-hydrogen) atoms. The molecule has 0 spiro atoms. The second-order valence-corrected chi connectivity index (χ2v) is 10.3. The van der Waals surface area contributed by atoms with Gasteiger partial charge in [-0.1, -0.05) is 23.5 Å². The van der Waals surface area contributed by atoms with Crippen LogP contribution in [0, 0.1) is 13.8 Å². The number of morpholine rings is 1. The van der Waals surface area contributed by atoms with E-state index in [0.717, 1.165) is 62.4 Å². The lowest BCUT2D eigenvalue weighted by Gasteiger charge is -2.29. The van der Waals surface area contributed by atoms with Gasteiger partial charge in [-0.25, -0.2) is 4.98 Å². The van der Waals surface area contributed by atoms with Gasteiger partial charge in [0.25, 0.3) is 5.91 Å². The molecule has 0 radical (unpaired) electrons. The van der Waals surface area contributed by atoms with E-state index in [4.69, 9.17) is 9.72 Å². The van der Waals surface area contributed by atoms with Crippen LogP contribution in [0.25, 0.3) is 10.2 Å². The fourth-order valence-corrected chi connectivity index (χ4v) is 5.75. The molecule has 3 aromatic rings. The van der Waals surface area contributed by atoms with Crippen LogP contribution in [0.1, 0.15) is 20.8 Å². The SMILES string of the molecule is Cc1ccc(C)c2sc(N(CCN3CCOCC3)C(=O)c3ccc(Br)s3)nc12. The molecule has 1 saturated heterocycles. The Morgan fingerprint density at radius 1 is 1.18 bits per heavy atom. The fourth-order valence-electron chi connectivity index (χ4n) is 3.28. The Kier molecular flexibility index (Phi) is 6.13. The molecule has 1 aliphatic heterocycles. The lowest BCUT2D eigenvalue weighted by Crippen LogP contribution is -2.43. The number of benzene rings is 1. The van der Waals surface area contributed by atoms with E-state index < -0.39 is 0 Å². The number of carbonyl (C=O) groups excluding carboxylic acids is 1. The van der Waals surface area contributed by atoms with Crippen molar-refractivity contribution in [1.82, 2.24) is 9.88 Å². The minimum atomic E-state index is 0.0123. The summed E-state index contributed by atoms with van der Waals surface area (Å²) < 4.78 is 7.56. The van der Waals surface area contributed by atoms with Crippen molar-refractivity contribution in [3.63, 3.8) is 0 Å². The van der Waals surface area contributed by atoms with Gasteiger partial charge in [-0.2, -0.15) is 0 Å². The Morgan fingerprint density at radius 2 is 1.93 bits per heavy atom. The van der Waals surface area contributed by atoms with E-state index in [0.29, 0.717) is 6.54 Å². The summed E-state index contributed by atoms with van der Waals surface area (Å²) >= 11 is 6.54. The Bertz CT molecular complexity index is 956. The van der Waals surface area contributed by atoms with Gasteiger partial charge in [-0.05, 0) is 53.0 Å². The number of ether oxygens (including phenoxy) is 1. The number of thiophene rings is 1. The summed E-state index contributed by atoms with van der Waals surface area (Å²) in [6, 6.07) is 8.01. The maximum atomic E-state index is 13.3. The van der Waals surface area contributed by atoms with Crippen LogP contribution in [0.5, 0.6) is 0 Å². The molecular weight excluding hydrogens is 458 g/mol. The monoisotopic (exact) mass is 479 g/mol. The van der Waals surface area contributed by atoms with E-state index in [9.17, 15) is 4.79 Å². The minimum absolute atomic E-state index is 0.0123. The summed E-state index contributed by atoms with van der Waals surface area (Å²) in [5.41, 5.74) is 3.34. The number of amides is 1. The van der Waals surface area contributed by atoms with Gasteiger partial charge in [0.1, 0.15) is 0 Å². The first-order chi connectivity index (χ1) is 13.5. The molecule has 0 unspecified atom stereocenters. The lowest BCUT2D eigenvalue weighted by atomic mass is 10.1. The van der Waals surface area contributed by atoms with Crippen molar-refractivity contribution in [3.05, 3.63) is 44.1 Å². The molecule has 8 heteroatoms. The summed E-state index contributed by atoms with van der Waals surface area (Å²) in [6.45, 7) is 8.93. The van der Waals surface area contributed by atoms with Crippen molar-refractivity contribution in [3.8, 4) is 0 Å². The number of fused-ring (bicyclic) bond motifs is 1. The van der Waals surface area contributed by atoms with Gasteiger partial charge >= 0.3 is 0 Å². The molecule has 0 atom stereocenters. The van der Waals surface area contributed by atoms with Gasteiger partial charge in [0, 0.05) is 26.2 Å². The number of hydrogen-bond acceptors (Lipinski definition) is 6. The third-order valence-electron chi connectivity index (χ3n) is 4.93. The van der Waals surface area contributed by atoms with Crippen LogP contribution in [-0.4, -0.2) is 55.2 Å². The number of aryl methyl sites for hydroxylation is 2. The highest BCUT2D eigenvalue weighted by Crippen LogP contribution is 2.34. The normalized spacial score (nSPS) is 15.2. The number of hydrogen-bond donors (Lipinski definition) is 0. The van der Waals surface area contributed by atoms with Crippen molar-refractivity contribution in [1.29, 1.82) is 0 Å². The Balaban J connectivity index is 1.66. The smallest absolute Gasteiger partial charge is 0.270 e. The maximum absolute atomic E-state index is 13.3. The van der Waals surface area contributed by atoms with Crippen LogP contribution in [0.2, 0.25) is 0 Å². The van der Waals surface area contributed by atoms with E-state index >= 15 is 0 Å². The molecule has 4 rings (SSSR count). The highest BCUT2D eigenvalue weighted by atomic mass is 79.9. The zero-order valence-corrected chi connectivity index (χ0v) is 19.1. The van der Waals surface area contributed by atoms with Crippen molar-refractivity contribution < 1.29 is 9.53 Å². The highest BCUT2D eigenvalue weighted by Gasteiger charge is 2.24. The van der Waals surface area contributed by atoms with Crippen LogP contribution in [-0.2, 0) is 4.74 Å². The van der Waals surface area contributed by atoms with Gasteiger partial charge in [-0.3, -0.25) is 14.6 Å². The standard InChI is InChI=1S/C20H22BrN3O2S2/c1-13-3-4-14(2)18-17(13)22-20(28-18)24(8-7-23-9-11-26-12-10-23)19(25)15-5-6-16(21)27-15/h3-6H,7-12H2,1-2H3. The maximum Gasteiger partial charge on any atom is 0.270 e. The molecule has 0 N–H and O–H groups in total. The predicted octanol–water partition coefficient (Wildman–Crippen LogP) is 4.72. The second-order valence-electron chi connectivity index (χ2n) is 6.89. The van der Waals surface area contributed by atoms with Crippen LogP contribution < -0.4 is 4.90 Å². The van der Waals surface area contributed by atoms with Crippen molar-refractivity contribution >= 4 is 59.9 Å². The van der Waals surface area contributed by atoms with Gasteiger partial charge in [-0.15, -0.1) is 11.3 Å². The quantitative estimate of drug-likeness (QED) is 0.531. The molecule has 0 aliphatic carbocycles. The van der Waals surface area contributed by atoms with Gasteiger partial charge in [0.2, 0.25) is 0 Å². The average molecular weight is 480 g/mol. The summed E-state index contributed by atoms with van der Waals surface area (Å²) in [7, 11) is 0. The average Bonchev–Trinajstić information content (AvgIpc) is 3.33. The second kappa shape index (κ2) is 8.59. The first-order valence-corrected chi connectivity index (χ1v) is 11.7. The third-order valence-corrected chi connectivity index (χ3v) is 7.76. The van der Waals surface area contributed by atoms with Crippen LogP contribution in [0.3, 0.4) is 0 Å². The zero-order valence-electron chi connectivity index (χ0n) is 15.9. The molecule has 0 bridgehead atoms. The number of aromatic nitrogens is 1. The minimum Gasteiger partial charge on any atom is -0.379 e. The largest absolute Gasteiger partial charge is 0.379 e. The van der Waals surface area contributed by atoms with Gasteiger partial charge in [0.05, 0.1) is 32.1 Å². The predicted molar refractivity (Wildman–Crippen MR) is 120 cm³/mol. The molecule has 0 saturated carbocycles. The topological polar surface area (TPSA) is 45.7 Å². The zero-order chi connectivity index (χ0) is 19.7. The Morgan fingerprint density at radius 3 is 2.61 bits per heavy atom. The fraction of sp³-hybridized carbons (Fsp3) is 0.400. The van der Waals surface area contributed by atoms with Gasteiger partial charge < -0.3 is 4.74 Å². The summed E-state index contributed by atoms with van der Waals surface area (Å²) in [6.07, 6.45) is 0. The van der Waals surface area contributed by atoms with Crippen molar-refractivity contribution in [2.24, 2.45) is 0 Å². The number of carbonyl (C=O) groups is 1. The van der Waals surface area contributed by atoms with E-state index in [2.05, 4.69) is 46.8 Å². The Hall–Kier alpha value is -1.32. The van der Waals surface area contributed by atoms with E-state index in [1.807, 2.05) is 17.0 Å². The summed E-state index contributed by atoms with van der Waals surface area (Å²) in [5, 5.41) is 0.773. The summed E-state index contributed by atoms with van der Waals surface area (Å²) in [4.78, 5) is 23.1. The Labute approximate surface area is 181 Å². The number of halogens is 1. The summed E-state index contributed by atoms with van der Waals surface area (Å²) in [5.74, 6) is 0.0123. The molecular formula is C20H22BrN3O2S2. The highest BCUT2D eigenvalue weighted by molar-refractivity contribution is 9.11. The van der Waals surface area contributed by atoms with E-state index in [-0.39, 0.29) is 5.91 Å². The van der Waals surface area contributed by atoms with Crippen LogP contribution in [0.15, 0.2) is 28.1 Å². The molecule has 1 aromatic carbocycles. The lowest BCUT2D eigenvalue weighted by molar-refractivity contribution is 0.0391. The van der Waals surface area contributed by atoms with E-state index in [1.165, 1.54) is 16.9 Å². The first-order valence-electron chi connectivity index (χ1n) is 9.27. The number of nitrogens with zero attached hydrogens (tertiary/aromatic N) is 3. The van der Waals surface area contributed by atoms with Gasteiger partial charge in [0.15, 0.2) is 5.13 Å². The third kappa shape index (κ3) is 4.16. The van der Waals surface area contributed by atoms with Crippen LogP contribution in [0.4, 0.5) is 5.13 Å². The van der Waals surface area contributed by atoms with Crippen molar-refractivity contribution in [2.45, 2.75) is 13.8 Å².